The molecule has 0 spiro atoms. The Bertz CT molecular complexity index is 374. The van der Waals surface area contributed by atoms with Crippen molar-refractivity contribution in [2.75, 3.05) is 26.7 Å². The molecule has 1 heterocycles. The average molecular weight is 298 g/mol. The zero-order valence-electron chi connectivity index (χ0n) is 14.2. The number of hydrogen-bond donors (Lipinski definition) is 1. The van der Waals surface area contributed by atoms with Gasteiger partial charge in [0.1, 0.15) is 0 Å². The van der Waals surface area contributed by atoms with E-state index in [1.165, 1.54) is 7.11 Å². The van der Waals surface area contributed by atoms with Crippen LogP contribution in [-0.2, 0) is 14.3 Å². The molecule has 0 aromatic rings. The van der Waals surface area contributed by atoms with E-state index < -0.39 is 5.41 Å². The van der Waals surface area contributed by atoms with Crippen molar-refractivity contribution in [3.8, 4) is 0 Å². The standard InChI is InChI=1S/C16H30N2O3/c1-11(2)12-7-13(17-15(20)16(3,4)5)9-18(8-12)10-14(19)21-6/h11-13H,7-10H2,1-6H3,(H,17,20). The number of amides is 1. The third-order valence-electron chi connectivity index (χ3n) is 4.10. The minimum atomic E-state index is -0.391. The molecule has 0 aromatic carbocycles. The summed E-state index contributed by atoms with van der Waals surface area (Å²) in [6.07, 6.45) is 0.969. The number of methoxy groups -OCH3 is 1. The van der Waals surface area contributed by atoms with Crippen LogP contribution in [0, 0.1) is 17.3 Å². The highest BCUT2D eigenvalue weighted by Crippen LogP contribution is 2.25. The number of rotatable bonds is 4. The number of hydrogen-bond acceptors (Lipinski definition) is 4. The number of carbonyl (C=O) groups is 2. The Kier molecular flexibility index (Phi) is 6.20. The Morgan fingerprint density at radius 1 is 1.29 bits per heavy atom. The first-order valence-electron chi connectivity index (χ1n) is 7.73. The van der Waals surface area contributed by atoms with E-state index in [1.54, 1.807) is 0 Å². The Labute approximate surface area is 128 Å². The molecular formula is C16H30N2O3. The van der Waals surface area contributed by atoms with Gasteiger partial charge in [0, 0.05) is 24.5 Å². The van der Waals surface area contributed by atoms with E-state index >= 15 is 0 Å². The van der Waals surface area contributed by atoms with E-state index in [2.05, 4.69) is 24.1 Å². The van der Waals surface area contributed by atoms with E-state index in [0.717, 1.165) is 13.0 Å². The Morgan fingerprint density at radius 3 is 2.38 bits per heavy atom. The summed E-state index contributed by atoms with van der Waals surface area (Å²) in [6, 6.07) is 0.0996. The zero-order valence-corrected chi connectivity index (χ0v) is 14.2. The van der Waals surface area contributed by atoms with Gasteiger partial charge >= 0.3 is 5.97 Å². The van der Waals surface area contributed by atoms with Gasteiger partial charge in [0.25, 0.3) is 0 Å². The molecule has 0 saturated carbocycles. The van der Waals surface area contributed by atoms with Gasteiger partial charge in [-0.05, 0) is 18.3 Å². The van der Waals surface area contributed by atoms with Gasteiger partial charge in [-0.15, -0.1) is 0 Å². The maximum absolute atomic E-state index is 12.2. The lowest BCUT2D eigenvalue weighted by molar-refractivity contribution is -0.142. The molecule has 0 radical (unpaired) electrons. The van der Waals surface area contributed by atoms with Crippen LogP contribution in [0.5, 0.6) is 0 Å². The van der Waals surface area contributed by atoms with Gasteiger partial charge in [0.2, 0.25) is 5.91 Å². The molecule has 2 atom stereocenters. The fraction of sp³-hybridized carbons (Fsp3) is 0.875. The molecule has 21 heavy (non-hydrogen) atoms. The predicted molar refractivity (Wildman–Crippen MR) is 82.8 cm³/mol. The molecular weight excluding hydrogens is 268 g/mol. The van der Waals surface area contributed by atoms with Crippen LogP contribution in [0.15, 0.2) is 0 Å². The summed E-state index contributed by atoms with van der Waals surface area (Å²) in [7, 11) is 1.41. The first-order chi connectivity index (χ1) is 9.63. The average Bonchev–Trinajstić information content (AvgIpc) is 2.37. The summed E-state index contributed by atoms with van der Waals surface area (Å²) < 4.78 is 4.75. The van der Waals surface area contributed by atoms with Crippen LogP contribution in [-0.4, -0.2) is 49.6 Å². The molecule has 1 aliphatic rings. The quantitative estimate of drug-likeness (QED) is 0.802. The minimum Gasteiger partial charge on any atom is -0.468 e. The van der Waals surface area contributed by atoms with E-state index in [9.17, 15) is 9.59 Å². The molecule has 1 amide bonds. The Balaban J connectivity index is 2.70. The van der Waals surface area contributed by atoms with Crippen molar-refractivity contribution in [2.45, 2.75) is 47.1 Å². The van der Waals surface area contributed by atoms with Crippen LogP contribution in [0.25, 0.3) is 0 Å². The van der Waals surface area contributed by atoms with Gasteiger partial charge in [0.15, 0.2) is 0 Å². The van der Waals surface area contributed by atoms with Crippen molar-refractivity contribution < 1.29 is 14.3 Å². The fourth-order valence-corrected chi connectivity index (χ4v) is 2.60. The van der Waals surface area contributed by atoms with E-state index in [-0.39, 0.29) is 17.9 Å². The maximum Gasteiger partial charge on any atom is 0.319 e. The van der Waals surface area contributed by atoms with Crippen LogP contribution in [0.4, 0.5) is 0 Å². The molecule has 5 heteroatoms. The lowest BCUT2D eigenvalue weighted by atomic mass is 9.85. The molecule has 2 unspecified atom stereocenters. The monoisotopic (exact) mass is 298 g/mol. The highest BCUT2D eigenvalue weighted by Gasteiger charge is 2.32. The lowest BCUT2D eigenvalue weighted by Gasteiger charge is -2.40. The second kappa shape index (κ2) is 7.25. The van der Waals surface area contributed by atoms with E-state index in [1.807, 2.05) is 20.8 Å². The first kappa shape index (κ1) is 18.0. The summed E-state index contributed by atoms with van der Waals surface area (Å²) in [5.74, 6) is 0.850. The number of piperidine rings is 1. The molecule has 0 aromatic heterocycles. The fourth-order valence-electron chi connectivity index (χ4n) is 2.60. The van der Waals surface area contributed by atoms with Gasteiger partial charge in [-0.25, -0.2) is 0 Å². The maximum atomic E-state index is 12.2. The Hall–Kier alpha value is -1.10. The third-order valence-corrected chi connectivity index (χ3v) is 4.10. The first-order valence-corrected chi connectivity index (χ1v) is 7.73. The molecule has 0 bridgehead atoms. The van der Waals surface area contributed by atoms with Gasteiger partial charge < -0.3 is 10.1 Å². The largest absolute Gasteiger partial charge is 0.468 e. The minimum absolute atomic E-state index is 0.0647. The summed E-state index contributed by atoms with van der Waals surface area (Å²) in [5.41, 5.74) is -0.391. The highest BCUT2D eigenvalue weighted by atomic mass is 16.5. The topological polar surface area (TPSA) is 58.6 Å². The number of likely N-dealkylation sites (tertiary alicyclic amines) is 1. The third kappa shape index (κ3) is 5.65. The molecule has 1 aliphatic heterocycles. The van der Waals surface area contributed by atoms with Gasteiger partial charge in [-0.1, -0.05) is 34.6 Å². The van der Waals surface area contributed by atoms with Gasteiger partial charge in [-0.3, -0.25) is 14.5 Å². The molecule has 1 fully saturated rings. The SMILES string of the molecule is COC(=O)CN1CC(NC(=O)C(C)(C)C)CC(C(C)C)C1. The molecule has 1 rings (SSSR count). The molecule has 0 aliphatic carbocycles. The summed E-state index contributed by atoms with van der Waals surface area (Å²) in [6.45, 7) is 12.0. The second-order valence-electron chi connectivity index (χ2n) is 7.43. The van der Waals surface area contributed by atoms with Crippen LogP contribution in [0.2, 0.25) is 0 Å². The summed E-state index contributed by atoms with van der Waals surface area (Å²) in [5, 5.41) is 3.13. The smallest absolute Gasteiger partial charge is 0.319 e. The van der Waals surface area contributed by atoms with Crippen molar-refractivity contribution in [2.24, 2.45) is 17.3 Å². The molecule has 1 N–H and O–H groups in total. The predicted octanol–water partition coefficient (Wildman–Crippen LogP) is 1.67. The number of carbonyl (C=O) groups excluding carboxylic acids is 2. The van der Waals surface area contributed by atoms with Crippen molar-refractivity contribution >= 4 is 11.9 Å². The molecule has 5 nitrogen and oxygen atoms in total. The van der Waals surface area contributed by atoms with Crippen LogP contribution >= 0.6 is 0 Å². The zero-order chi connectivity index (χ0) is 16.2. The van der Waals surface area contributed by atoms with Gasteiger partial charge in [0.05, 0.1) is 13.7 Å². The van der Waals surface area contributed by atoms with Gasteiger partial charge in [-0.2, -0.15) is 0 Å². The van der Waals surface area contributed by atoms with Crippen molar-refractivity contribution in [3.05, 3.63) is 0 Å². The van der Waals surface area contributed by atoms with Crippen molar-refractivity contribution in [1.29, 1.82) is 0 Å². The lowest BCUT2D eigenvalue weighted by Crippen LogP contribution is -2.54. The normalized spacial score (nSPS) is 24.0. The number of esters is 1. The number of nitrogens with one attached hydrogen (secondary N) is 1. The highest BCUT2D eigenvalue weighted by molar-refractivity contribution is 5.81. The summed E-state index contributed by atoms with van der Waals surface area (Å²) in [4.78, 5) is 25.8. The van der Waals surface area contributed by atoms with Crippen molar-refractivity contribution in [1.82, 2.24) is 10.2 Å². The van der Waals surface area contributed by atoms with E-state index in [4.69, 9.17) is 4.74 Å². The van der Waals surface area contributed by atoms with E-state index in [0.29, 0.717) is 24.9 Å². The Morgan fingerprint density at radius 2 is 1.90 bits per heavy atom. The molecule has 1 saturated heterocycles. The van der Waals surface area contributed by atoms with Crippen LogP contribution < -0.4 is 5.32 Å². The van der Waals surface area contributed by atoms with Crippen LogP contribution in [0.3, 0.4) is 0 Å². The summed E-state index contributed by atoms with van der Waals surface area (Å²) >= 11 is 0. The number of ether oxygens (including phenoxy) is 1. The number of nitrogens with zero attached hydrogens (tertiary/aromatic N) is 1. The van der Waals surface area contributed by atoms with Crippen molar-refractivity contribution in [3.63, 3.8) is 0 Å². The molecule has 122 valence electrons. The van der Waals surface area contributed by atoms with Crippen LogP contribution in [0.1, 0.15) is 41.0 Å². The second-order valence-corrected chi connectivity index (χ2v) is 7.43.